The highest BCUT2D eigenvalue weighted by Crippen LogP contribution is 2.25. The van der Waals surface area contributed by atoms with Crippen molar-refractivity contribution in [1.29, 1.82) is 0 Å². The zero-order valence-electron chi connectivity index (χ0n) is 19.6. The van der Waals surface area contributed by atoms with Gasteiger partial charge >= 0.3 is 5.97 Å². The number of aromatic nitrogens is 1. The van der Waals surface area contributed by atoms with Crippen LogP contribution in [-0.2, 0) is 23.0 Å². The summed E-state index contributed by atoms with van der Waals surface area (Å²) in [6.07, 6.45) is 14.0. The number of ether oxygens (including phenoxy) is 1. The van der Waals surface area contributed by atoms with Crippen LogP contribution in [0.15, 0.2) is 0 Å². The average Bonchev–Trinajstić information content (AvgIpc) is 2.90. The number of nitrogens with zero attached hydrogens (tertiary/aromatic N) is 1. The summed E-state index contributed by atoms with van der Waals surface area (Å²) >= 11 is 0. The van der Waals surface area contributed by atoms with Gasteiger partial charge in [0.25, 0.3) is 0 Å². The largest absolute Gasteiger partial charge is 0.466 e. The molecule has 0 N–H and O–H groups in total. The smallest absolute Gasteiger partial charge is 0.305 e. The number of ketones is 1. The maximum Gasteiger partial charge on any atom is 0.305 e. The van der Waals surface area contributed by atoms with Gasteiger partial charge < -0.3 is 9.30 Å². The molecular formula is C25H43NO3. The number of carbonyl (C=O) groups excluding carboxylic acids is 2. The molecule has 0 unspecified atom stereocenters. The van der Waals surface area contributed by atoms with Crippen LogP contribution in [0.3, 0.4) is 0 Å². The third-order valence-electron chi connectivity index (χ3n) is 5.96. The van der Waals surface area contributed by atoms with Crippen molar-refractivity contribution in [3.63, 3.8) is 0 Å². The Bertz CT molecular complexity index is 631. The third-order valence-corrected chi connectivity index (χ3v) is 5.96. The summed E-state index contributed by atoms with van der Waals surface area (Å²) in [5, 5.41) is 0. The van der Waals surface area contributed by atoms with E-state index in [1.54, 1.807) is 0 Å². The van der Waals surface area contributed by atoms with E-state index in [1.807, 2.05) is 20.9 Å². The second-order valence-corrected chi connectivity index (χ2v) is 8.25. The molecular weight excluding hydrogens is 362 g/mol. The van der Waals surface area contributed by atoms with Gasteiger partial charge in [-0.25, -0.2) is 0 Å². The molecule has 0 aliphatic heterocycles. The minimum absolute atomic E-state index is 0.141. The van der Waals surface area contributed by atoms with Crippen molar-refractivity contribution in [3.8, 4) is 0 Å². The molecule has 0 amide bonds. The van der Waals surface area contributed by atoms with E-state index in [0.717, 1.165) is 42.5 Å². The second kappa shape index (κ2) is 14.4. The quantitative estimate of drug-likeness (QED) is 0.176. The highest BCUT2D eigenvalue weighted by atomic mass is 16.5. The fourth-order valence-electron chi connectivity index (χ4n) is 4.16. The SMILES string of the molecule is CCCCCCCCCCCC(=O)c1c(C)c(CCCC(=O)OCC)n(C)c1C. The Hall–Kier alpha value is -1.58. The van der Waals surface area contributed by atoms with E-state index in [0.29, 0.717) is 19.4 Å². The van der Waals surface area contributed by atoms with Crippen molar-refractivity contribution >= 4 is 11.8 Å². The van der Waals surface area contributed by atoms with Gasteiger partial charge in [-0.05, 0) is 45.6 Å². The summed E-state index contributed by atoms with van der Waals surface area (Å²) in [4.78, 5) is 24.4. The van der Waals surface area contributed by atoms with E-state index in [1.165, 1.54) is 50.6 Å². The van der Waals surface area contributed by atoms with Crippen molar-refractivity contribution in [2.75, 3.05) is 6.61 Å². The summed E-state index contributed by atoms with van der Waals surface area (Å²) in [5.74, 6) is 0.132. The normalized spacial score (nSPS) is 11.1. The zero-order chi connectivity index (χ0) is 21.6. The molecule has 0 spiro atoms. The predicted octanol–water partition coefficient (Wildman–Crippen LogP) is 6.63. The molecule has 1 rings (SSSR count). The molecule has 0 saturated heterocycles. The van der Waals surface area contributed by atoms with Crippen molar-refractivity contribution in [2.24, 2.45) is 7.05 Å². The average molecular weight is 406 g/mol. The molecule has 1 aromatic rings. The van der Waals surface area contributed by atoms with Crippen LogP contribution in [0.25, 0.3) is 0 Å². The first-order valence-corrected chi connectivity index (χ1v) is 11.8. The molecule has 0 aromatic carbocycles. The van der Waals surface area contributed by atoms with E-state index >= 15 is 0 Å². The molecule has 0 fully saturated rings. The van der Waals surface area contributed by atoms with Crippen LogP contribution in [-0.4, -0.2) is 22.9 Å². The summed E-state index contributed by atoms with van der Waals surface area (Å²) in [5.41, 5.74) is 4.21. The highest BCUT2D eigenvalue weighted by molar-refractivity contribution is 5.99. The molecule has 0 radical (unpaired) electrons. The first kappa shape index (κ1) is 25.5. The Morgan fingerprint density at radius 1 is 0.828 bits per heavy atom. The topological polar surface area (TPSA) is 48.3 Å². The first-order chi connectivity index (χ1) is 13.9. The van der Waals surface area contributed by atoms with Crippen LogP contribution in [0.1, 0.15) is 118 Å². The number of rotatable bonds is 16. The van der Waals surface area contributed by atoms with Gasteiger partial charge in [-0.2, -0.15) is 0 Å². The molecule has 0 saturated carbocycles. The fraction of sp³-hybridized carbons (Fsp3) is 0.760. The maximum atomic E-state index is 12.8. The Balaban J connectivity index is 2.44. The van der Waals surface area contributed by atoms with Crippen LogP contribution in [0.5, 0.6) is 0 Å². The Kier molecular flexibility index (Phi) is 12.6. The standard InChI is InChI=1S/C25H43NO3/c1-6-8-9-10-11-12-13-14-15-18-23(27)25-20(3)22(26(5)21(25)4)17-16-19-24(28)29-7-2/h6-19H2,1-5H3. The lowest BCUT2D eigenvalue weighted by Crippen LogP contribution is -2.06. The minimum atomic E-state index is -0.141. The van der Waals surface area contributed by atoms with Crippen molar-refractivity contribution in [3.05, 3.63) is 22.5 Å². The lowest BCUT2D eigenvalue weighted by molar-refractivity contribution is -0.143. The number of Topliss-reactive ketones (excluding diaryl/α,β-unsaturated/α-hetero) is 1. The maximum absolute atomic E-state index is 12.8. The molecule has 4 heteroatoms. The van der Waals surface area contributed by atoms with Gasteiger partial charge in [-0.1, -0.05) is 58.3 Å². The predicted molar refractivity (Wildman–Crippen MR) is 121 cm³/mol. The third kappa shape index (κ3) is 8.76. The lowest BCUT2D eigenvalue weighted by atomic mass is 9.99. The second-order valence-electron chi connectivity index (χ2n) is 8.25. The number of hydrogen-bond donors (Lipinski definition) is 0. The van der Waals surface area contributed by atoms with Gasteiger partial charge in [0.1, 0.15) is 0 Å². The first-order valence-electron chi connectivity index (χ1n) is 11.8. The molecule has 0 atom stereocenters. The summed E-state index contributed by atoms with van der Waals surface area (Å²) in [6, 6.07) is 0. The molecule has 0 bridgehead atoms. The van der Waals surface area contributed by atoms with Gasteiger partial charge in [-0.3, -0.25) is 9.59 Å². The van der Waals surface area contributed by atoms with Gasteiger partial charge in [0.15, 0.2) is 5.78 Å². The van der Waals surface area contributed by atoms with E-state index < -0.39 is 0 Å². The summed E-state index contributed by atoms with van der Waals surface area (Å²) in [7, 11) is 2.03. The Morgan fingerprint density at radius 2 is 1.41 bits per heavy atom. The van der Waals surface area contributed by atoms with Crippen LogP contribution in [0.4, 0.5) is 0 Å². The van der Waals surface area contributed by atoms with Gasteiger partial charge in [-0.15, -0.1) is 0 Å². The van der Waals surface area contributed by atoms with Crippen molar-refractivity contribution in [2.45, 2.75) is 111 Å². The number of esters is 1. The van der Waals surface area contributed by atoms with Crippen molar-refractivity contribution < 1.29 is 14.3 Å². The summed E-state index contributed by atoms with van der Waals surface area (Å²) in [6.45, 7) is 8.59. The molecule has 1 aromatic heterocycles. The monoisotopic (exact) mass is 405 g/mol. The minimum Gasteiger partial charge on any atom is -0.466 e. The van der Waals surface area contributed by atoms with E-state index in [-0.39, 0.29) is 11.8 Å². The molecule has 166 valence electrons. The van der Waals surface area contributed by atoms with Crippen LogP contribution in [0, 0.1) is 13.8 Å². The van der Waals surface area contributed by atoms with Crippen LogP contribution in [0.2, 0.25) is 0 Å². The van der Waals surface area contributed by atoms with Gasteiger partial charge in [0.05, 0.1) is 6.61 Å². The number of unbranched alkanes of at least 4 members (excludes halogenated alkanes) is 8. The van der Waals surface area contributed by atoms with Crippen LogP contribution < -0.4 is 0 Å². The molecule has 0 aliphatic carbocycles. The zero-order valence-corrected chi connectivity index (χ0v) is 19.6. The molecule has 0 aliphatic rings. The highest BCUT2D eigenvalue weighted by Gasteiger charge is 2.20. The fourth-order valence-corrected chi connectivity index (χ4v) is 4.16. The molecule has 4 nitrogen and oxygen atoms in total. The lowest BCUT2D eigenvalue weighted by Gasteiger charge is -2.06. The Labute approximate surface area is 178 Å². The summed E-state index contributed by atoms with van der Waals surface area (Å²) < 4.78 is 7.13. The van der Waals surface area contributed by atoms with E-state index in [4.69, 9.17) is 4.74 Å². The van der Waals surface area contributed by atoms with Gasteiger partial charge in [0.2, 0.25) is 0 Å². The van der Waals surface area contributed by atoms with E-state index in [9.17, 15) is 9.59 Å². The molecule has 29 heavy (non-hydrogen) atoms. The van der Waals surface area contributed by atoms with Crippen molar-refractivity contribution in [1.82, 2.24) is 4.57 Å². The number of hydrogen-bond acceptors (Lipinski definition) is 3. The number of carbonyl (C=O) groups is 2. The van der Waals surface area contributed by atoms with Crippen LogP contribution >= 0.6 is 0 Å². The molecule has 1 heterocycles. The van der Waals surface area contributed by atoms with E-state index in [2.05, 4.69) is 18.4 Å². The Morgan fingerprint density at radius 3 is 2.00 bits per heavy atom. The van der Waals surface area contributed by atoms with Gasteiger partial charge in [0, 0.05) is 36.8 Å².